The van der Waals surface area contributed by atoms with Crippen LogP contribution in [0.3, 0.4) is 0 Å². The molecule has 1 aliphatic heterocycles. The Morgan fingerprint density at radius 1 is 1.29 bits per heavy atom. The van der Waals surface area contributed by atoms with Crippen LogP contribution in [0.2, 0.25) is 0 Å². The van der Waals surface area contributed by atoms with Gasteiger partial charge in [-0.25, -0.2) is 4.79 Å². The SMILES string of the molecule is CCOc1ccc(C(C)=O)cc1NC(=O)c1c(C)cc(C2CCCO2)oc1=O. The number of benzene rings is 1. The molecular weight excluding hydrogens is 362 g/mol. The molecule has 3 rings (SSSR count). The van der Waals surface area contributed by atoms with E-state index < -0.39 is 11.5 Å². The molecule has 0 aliphatic carbocycles. The number of aryl methyl sites for hydroxylation is 1. The summed E-state index contributed by atoms with van der Waals surface area (Å²) in [5.41, 5.74) is 0.443. The van der Waals surface area contributed by atoms with Crippen molar-refractivity contribution in [3.63, 3.8) is 0 Å². The zero-order valence-corrected chi connectivity index (χ0v) is 16.2. The van der Waals surface area contributed by atoms with Gasteiger partial charge in [0.15, 0.2) is 5.78 Å². The van der Waals surface area contributed by atoms with Crippen LogP contribution in [0.25, 0.3) is 0 Å². The van der Waals surface area contributed by atoms with Gasteiger partial charge in [-0.1, -0.05) is 0 Å². The van der Waals surface area contributed by atoms with E-state index in [1.807, 2.05) is 6.92 Å². The third-order valence-corrected chi connectivity index (χ3v) is 4.58. The molecule has 1 aromatic heterocycles. The number of carbonyl (C=O) groups is 2. The maximum absolute atomic E-state index is 12.8. The third kappa shape index (κ3) is 4.14. The number of rotatable bonds is 6. The molecule has 1 saturated heterocycles. The molecule has 1 unspecified atom stereocenters. The Morgan fingerprint density at radius 3 is 2.68 bits per heavy atom. The molecule has 1 atom stereocenters. The molecule has 7 nitrogen and oxygen atoms in total. The lowest BCUT2D eigenvalue weighted by molar-refractivity contribution is 0.0895. The molecule has 1 amide bonds. The zero-order chi connectivity index (χ0) is 20.3. The van der Waals surface area contributed by atoms with Gasteiger partial charge in [-0.05, 0) is 63.4 Å². The van der Waals surface area contributed by atoms with Crippen LogP contribution in [0.4, 0.5) is 5.69 Å². The Hall–Kier alpha value is -2.93. The van der Waals surface area contributed by atoms with Crippen molar-refractivity contribution in [1.29, 1.82) is 0 Å². The number of hydrogen-bond donors (Lipinski definition) is 1. The summed E-state index contributed by atoms with van der Waals surface area (Å²) in [7, 11) is 0. The number of hydrogen-bond acceptors (Lipinski definition) is 6. The predicted octanol–water partition coefficient (Wildman–Crippen LogP) is 3.65. The van der Waals surface area contributed by atoms with Gasteiger partial charge in [0.05, 0.1) is 12.3 Å². The summed E-state index contributed by atoms with van der Waals surface area (Å²) in [6.45, 7) is 5.94. The van der Waals surface area contributed by atoms with Crippen LogP contribution in [-0.2, 0) is 4.74 Å². The Morgan fingerprint density at radius 2 is 2.07 bits per heavy atom. The highest BCUT2D eigenvalue weighted by atomic mass is 16.5. The van der Waals surface area contributed by atoms with Gasteiger partial charge in [0.25, 0.3) is 5.91 Å². The number of anilines is 1. The van der Waals surface area contributed by atoms with Gasteiger partial charge in [0.1, 0.15) is 23.2 Å². The summed E-state index contributed by atoms with van der Waals surface area (Å²) in [4.78, 5) is 36.9. The Bertz CT molecular complexity index is 956. The first-order chi connectivity index (χ1) is 13.4. The van der Waals surface area contributed by atoms with E-state index in [1.54, 1.807) is 25.1 Å². The van der Waals surface area contributed by atoms with Crippen LogP contribution in [0.15, 0.2) is 33.5 Å². The Balaban J connectivity index is 1.91. The van der Waals surface area contributed by atoms with Crippen LogP contribution in [0.5, 0.6) is 5.75 Å². The van der Waals surface area contributed by atoms with Gasteiger partial charge in [-0.2, -0.15) is 0 Å². The molecular formula is C21H23NO6. The molecule has 2 aromatic rings. The minimum atomic E-state index is -0.719. The van der Waals surface area contributed by atoms with Gasteiger partial charge in [0.2, 0.25) is 0 Å². The van der Waals surface area contributed by atoms with Crippen LogP contribution < -0.4 is 15.7 Å². The molecule has 1 aliphatic rings. The maximum atomic E-state index is 12.8. The van der Waals surface area contributed by atoms with Crippen molar-refractivity contribution in [2.24, 2.45) is 0 Å². The van der Waals surface area contributed by atoms with E-state index in [4.69, 9.17) is 13.9 Å². The number of carbonyl (C=O) groups excluding carboxylic acids is 2. The zero-order valence-electron chi connectivity index (χ0n) is 16.2. The molecule has 2 heterocycles. The highest BCUT2D eigenvalue weighted by Gasteiger charge is 2.24. The van der Waals surface area contributed by atoms with Crippen molar-refractivity contribution in [2.75, 3.05) is 18.5 Å². The van der Waals surface area contributed by atoms with E-state index in [2.05, 4.69) is 5.32 Å². The Labute approximate surface area is 162 Å². The lowest BCUT2D eigenvalue weighted by atomic mass is 10.1. The van der Waals surface area contributed by atoms with Crippen LogP contribution in [0.1, 0.15) is 64.8 Å². The minimum absolute atomic E-state index is 0.0857. The molecule has 0 spiro atoms. The summed E-state index contributed by atoms with van der Waals surface area (Å²) in [6, 6.07) is 6.44. The fraction of sp³-hybridized carbons (Fsp3) is 0.381. The fourth-order valence-corrected chi connectivity index (χ4v) is 3.18. The third-order valence-electron chi connectivity index (χ3n) is 4.58. The lowest BCUT2D eigenvalue weighted by Crippen LogP contribution is -2.24. The van der Waals surface area contributed by atoms with Crippen LogP contribution in [-0.4, -0.2) is 24.9 Å². The maximum Gasteiger partial charge on any atom is 0.349 e. The van der Waals surface area contributed by atoms with Crippen LogP contribution in [0, 0.1) is 6.92 Å². The quantitative estimate of drug-likeness (QED) is 0.763. The molecule has 1 fully saturated rings. The number of Topliss-reactive ketones (excluding diaryl/α,β-unsaturated/α-hetero) is 1. The van der Waals surface area contributed by atoms with Crippen molar-refractivity contribution in [2.45, 2.75) is 39.7 Å². The molecule has 1 N–H and O–H groups in total. The second-order valence-electron chi connectivity index (χ2n) is 6.65. The van der Waals surface area contributed by atoms with Crippen molar-refractivity contribution >= 4 is 17.4 Å². The summed E-state index contributed by atoms with van der Waals surface area (Å²) in [5, 5.41) is 2.67. The van der Waals surface area contributed by atoms with Gasteiger partial charge >= 0.3 is 5.63 Å². The summed E-state index contributed by atoms with van der Waals surface area (Å²) in [6.07, 6.45) is 1.44. The number of nitrogens with one attached hydrogen (secondary N) is 1. The number of amides is 1. The van der Waals surface area contributed by atoms with Gasteiger partial charge in [-0.15, -0.1) is 0 Å². The smallest absolute Gasteiger partial charge is 0.349 e. The molecule has 28 heavy (non-hydrogen) atoms. The summed E-state index contributed by atoms with van der Waals surface area (Å²) >= 11 is 0. The second kappa shape index (κ2) is 8.39. The molecule has 7 heteroatoms. The fourth-order valence-electron chi connectivity index (χ4n) is 3.18. The standard InChI is InChI=1S/C21H23NO6/c1-4-26-16-8-7-14(13(3)23)11-15(16)22-20(24)19-12(2)10-18(28-21(19)25)17-6-5-9-27-17/h7-8,10-11,17H,4-6,9H2,1-3H3,(H,22,24). The topological polar surface area (TPSA) is 94.8 Å². The van der Waals surface area contributed by atoms with Gasteiger partial charge < -0.3 is 19.2 Å². The van der Waals surface area contributed by atoms with Gasteiger partial charge in [0, 0.05) is 12.2 Å². The first-order valence-corrected chi connectivity index (χ1v) is 9.26. The van der Waals surface area contributed by atoms with E-state index in [0.29, 0.717) is 41.5 Å². The average Bonchev–Trinajstić information content (AvgIpc) is 3.17. The van der Waals surface area contributed by atoms with E-state index in [0.717, 1.165) is 12.8 Å². The Kier molecular flexibility index (Phi) is 5.94. The average molecular weight is 385 g/mol. The van der Waals surface area contributed by atoms with E-state index >= 15 is 0 Å². The molecule has 0 saturated carbocycles. The normalized spacial score (nSPS) is 16.0. The summed E-state index contributed by atoms with van der Waals surface area (Å²) < 4.78 is 16.4. The van der Waals surface area contributed by atoms with E-state index in [-0.39, 0.29) is 17.5 Å². The van der Waals surface area contributed by atoms with Crippen LogP contribution >= 0.6 is 0 Å². The highest BCUT2D eigenvalue weighted by Crippen LogP contribution is 2.29. The van der Waals surface area contributed by atoms with E-state index in [1.165, 1.54) is 13.0 Å². The number of ether oxygens (including phenoxy) is 2. The predicted molar refractivity (Wildman–Crippen MR) is 103 cm³/mol. The molecule has 148 valence electrons. The van der Waals surface area contributed by atoms with Crippen molar-refractivity contribution in [3.8, 4) is 5.75 Å². The minimum Gasteiger partial charge on any atom is -0.492 e. The van der Waals surface area contributed by atoms with E-state index in [9.17, 15) is 14.4 Å². The molecule has 0 bridgehead atoms. The first kappa shape index (κ1) is 19.8. The lowest BCUT2D eigenvalue weighted by Gasteiger charge is -2.14. The molecule has 1 aromatic carbocycles. The number of ketones is 1. The highest BCUT2D eigenvalue weighted by molar-refractivity contribution is 6.06. The van der Waals surface area contributed by atoms with Crippen molar-refractivity contribution in [3.05, 3.63) is 57.1 Å². The molecule has 0 radical (unpaired) electrons. The van der Waals surface area contributed by atoms with Gasteiger partial charge in [-0.3, -0.25) is 9.59 Å². The largest absolute Gasteiger partial charge is 0.492 e. The monoisotopic (exact) mass is 385 g/mol. The first-order valence-electron chi connectivity index (χ1n) is 9.26. The second-order valence-corrected chi connectivity index (χ2v) is 6.65. The summed E-state index contributed by atoms with van der Waals surface area (Å²) in [5.74, 6) is 0.0888. The van der Waals surface area contributed by atoms with Crippen molar-refractivity contribution in [1.82, 2.24) is 0 Å². The van der Waals surface area contributed by atoms with Crippen molar-refractivity contribution < 1.29 is 23.5 Å².